The highest BCUT2D eigenvalue weighted by Crippen LogP contribution is 2.47. The Hall–Kier alpha value is -2.62. The van der Waals surface area contributed by atoms with Crippen molar-refractivity contribution in [3.05, 3.63) is 72.1 Å². The van der Waals surface area contributed by atoms with Gasteiger partial charge in [-0.15, -0.1) is 0 Å². The average Bonchev–Trinajstić information content (AvgIpc) is 2.82. The van der Waals surface area contributed by atoms with Gasteiger partial charge in [0.25, 0.3) is 0 Å². The maximum atomic E-state index is 13.5. The van der Waals surface area contributed by atoms with Crippen LogP contribution in [0.3, 0.4) is 0 Å². The molecule has 0 aliphatic heterocycles. The smallest absolute Gasteiger partial charge is 0.159 e. The molecule has 4 rings (SSSR count). The third kappa shape index (κ3) is 4.39. The fraction of sp³-hybridized carbons (Fsp3) is 0.407. The van der Waals surface area contributed by atoms with Gasteiger partial charge in [-0.2, -0.15) is 0 Å². The van der Waals surface area contributed by atoms with Crippen LogP contribution in [0.25, 0.3) is 22.5 Å². The molecule has 0 spiro atoms. The van der Waals surface area contributed by atoms with Crippen LogP contribution >= 0.6 is 0 Å². The Morgan fingerprint density at radius 2 is 1.48 bits per heavy atom. The molecular formula is C27H30F2N2. The van der Waals surface area contributed by atoms with Crippen LogP contribution < -0.4 is 0 Å². The minimum atomic E-state index is -0.894. The summed E-state index contributed by atoms with van der Waals surface area (Å²) in [5, 5.41) is 0. The van der Waals surface area contributed by atoms with Crippen molar-refractivity contribution in [1.82, 2.24) is 9.97 Å². The van der Waals surface area contributed by atoms with E-state index in [0.717, 1.165) is 23.3 Å². The predicted octanol–water partition coefficient (Wildman–Crippen LogP) is 7.73. The normalized spacial score (nSPS) is 16.8. The first-order chi connectivity index (χ1) is 15.0. The third-order valence-corrected chi connectivity index (χ3v) is 7.03. The fourth-order valence-corrected chi connectivity index (χ4v) is 5.21. The molecule has 2 aromatic carbocycles. The Balaban J connectivity index is 1.58. The van der Waals surface area contributed by atoms with Crippen molar-refractivity contribution in [1.29, 1.82) is 0 Å². The van der Waals surface area contributed by atoms with Crippen LogP contribution in [0, 0.1) is 17.6 Å². The van der Waals surface area contributed by atoms with E-state index in [0.29, 0.717) is 22.7 Å². The van der Waals surface area contributed by atoms with Crippen molar-refractivity contribution in [2.45, 2.75) is 64.2 Å². The highest BCUT2D eigenvalue weighted by molar-refractivity contribution is 5.64. The number of aromatic nitrogens is 2. The summed E-state index contributed by atoms with van der Waals surface area (Å²) < 4.78 is 26.7. The Morgan fingerprint density at radius 3 is 2.10 bits per heavy atom. The van der Waals surface area contributed by atoms with Gasteiger partial charge < -0.3 is 0 Å². The van der Waals surface area contributed by atoms with Crippen LogP contribution in [0.1, 0.15) is 64.4 Å². The Bertz CT molecular complexity index is 1010. The predicted molar refractivity (Wildman–Crippen MR) is 122 cm³/mol. The molecule has 0 saturated heterocycles. The van der Waals surface area contributed by atoms with Gasteiger partial charge in [0.15, 0.2) is 17.5 Å². The lowest BCUT2D eigenvalue weighted by Crippen LogP contribution is -2.36. The van der Waals surface area contributed by atoms with Crippen LogP contribution in [0.5, 0.6) is 0 Å². The maximum absolute atomic E-state index is 13.5. The van der Waals surface area contributed by atoms with Gasteiger partial charge in [-0.1, -0.05) is 70.2 Å². The first-order valence-corrected chi connectivity index (χ1v) is 11.4. The van der Waals surface area contributed by atoms with E-state index < -0.39 is 11.6 Å². The van der Waals surface area contributed by atoms with E-state index in [1.165, 1.54) is 56.6 Å². The zero-order valence-electron chi connectivity index (χ0n) is 18.4. The minimum Gasteiger partial charge on any atom is -0.236 e. The Labute approximate surface area is 183 Å². The zero-order valence-corrected chi connectivity index (χ0v) is 18.4. The molecule has 0 amide bonds. The van der Waals surface area contributed by atoms with Crippen LogP contribution in [-0.2, 0) is 5.41 Å². The summed E-state index contributed by atoms with van der Waals surface area (Å²) in [7, 11) is 0. The second-order valence-corrected chi connectivity index (χ2v) is 8.91. The summed E-state index contributed by atoms with van der Waals surface area (Å²) in [4.78, 5) is 8.75. The number of rotatable bonds is 6. The molecule has 0 bridgehead atoms. The van der Waals surface area contributed by atoms with Crippen molar-refractivity contribution >= 4 is 0 Å². The van der Waals surface area contributed by atoms with Gasteiger partial charge in [-0.3, -0.25) is 0 Å². The summed E-state index contributed by atoms with van der Waals surface area (Å²) in [6, 6.07) is 12.6. The number of halogens is 2. The quantitative estimate of drug-likeness (QED) is 0.408. The molecular weight excluding hydrogens is 390 g/mol. The molecule has 1 saturated carbocycles. The first kappa shape index (κ1) is 21.6. The standard InChI is InChI=1S/C27H30F2N2/c1-3-7-19(2)27(14-5-4-6-15-27)23-11-8-20(9-12-23)22-17-30-26(31-18-22)21-10-13-24(28)25(29)16-21/h8-13,16-19H,3-7,14-15H2,1-2H3. The zero-order chi connectivity index (χ0) is 21.8. The first-order valence-electron chi connectivity index (χ1n) is 11.4. The van der Waals surface area contributed by atoms with Gasteiger partial charge in [-0.05, 0) is 53.5 Å². The summed E-state index contributed by atoms with van der Waals surface area (Å²) in [6.45, 7) is 4.70. The Morgan fingerprint density at radius 1 is 0.839 bits per heavy atom. The second kappa shape index (κ2) is 9.25. The summed E-state index contributed by atoms with van der Waals surface area (Å²) in [5.41, 5.74) is 4.19. The summed E-state index contributed by atoms with van der Waals surface area (Å²) >= 11 is 0. The largest absolute Gasteiger partial charge is 0.236 e. The van der Waals surface area contributed by atoms with Gasteiger partial charge in [0.05, 0.1) is 0 Å². The molecule has 31 heavy (non-hydrogen) atoms. The van der Waals surface area contributed by atoms with Crippen molar-refractivity contribution in [2.24, 2.45) is 5.92 Å². The maximum Gasteiger partial charge on any atom is 0.159 e. The number of benzene rings is 2. The molecule has 1 fully saturated rings. The van der Waals surface area contributed by atoms with Gasteiger partial charge in [0, 0.05) is 23.5 Å². The Kier molecular flexibility index (Phi) is 6.45. The molecule has 1 atom stereocenters. The molecule has 0 radical (unpaired) electrons. The van der Waals surface area contributed by atoms with Gasteiger partial charge >= 0.3 is 0 Å². The fourth-order valence-electron chi connectivity index (χ4n) is 5.21. The summed E-state index contributed by atoms with van der Waals surface area (Å²) in [6.07, 6.45) is 12.5. The van der Waals surface area contributed by atoms with Crippen LogP contribution in [0.2, 0.25) is 0 Å². The molecule has 1 heterocycles. The topological polar surface area (TPSA) is 25.8 Å². The molecule has 2 nitrogen and oxygen atoms in total. The second-order valence-electron chi connectivity index (χ2n) is 8.91. The van der Waals surface area contributed by atoms with E-state index in [4.69, 9.17) is 0 Å². The van der Waals surface area contributed by atoms with Crippen LogP contribution in [0.15, 0.2) is 54.9 Å². The van der Waals surface area contributed by atoms with Crippen molar-refractivity contribution in [3.8, 4) is 22.5 Å². The van der Waals surface area contributed by atoms with Gasteiger partial charge in [0.2, 0.25) is 0 Å². The minimum absolute atomic E-state index is 0.291. The number of hydrogen-bond acceptors (Lipinski definition) is 2. The summed E-state index contributed by atoms with van der Waals surface area (Å²) in [5.74, 6) is -0.699. The third-order valence-electron chi connectivity index (χ3n) is 7.03. The van der Waals surface area contributed by atoms with Crippen molar-refractivity contribution in [2.75, 3.05) is 0 Å². The van der Waals surface area contributed by atoms with Crippen molar-refractivity contribution < 1.29 is 8.78 Å². The lowest BCUT2D eigenvalue weighted by molar-refractivity contribution is 0.192. The highest BCUT2D eigenvalue weighted by Gasteiger charge is 2.38. The van der Waals surface area contributed by atoms with Crippen LogP contribution in [-0.4, -0.2) is 9.97 Å². The van der Waals surface area contributed by atoms with E-state index in [-0.39, 0.29) is 0 Å². The molecule has 1 unspecified atom stereocenters. The van der Waals surface area contributed by atoms with Gasteiger partial charge in [-0.25, -0.2) is 18.7 Å². The molecule has 1 aliphatic carbocycles. The molecule has 0 N–H and O–H groups in total. The lowest BCUT2D eigenvalue weighted by Gasteiger charge is -2.43. The molecule has 1 aliphatic rings. The van der Waals surface area contributed by atoms with E-state index >= 15 is 0 Å². The highest BCUT2D eigenvalue weighted by atomic mass is 19.2. The van der Waals surface area contributed by atoms with E-state index in [1.807, 2.05) is 0 Å². The monoisotopic (exact) mass is 420 g/mol. The molecule has 162 valence electrons. The number of hydrogen-bond donors (Lipinski definition) is 0. The van der Waals surface area contributed by atoms with Crippen molar-refractivity contribution in [3.63, 3.8) is 0 Å². The lowest BCUT2D eigenvalue weighted by atomic mass is 9.61. The van der Waals surface area contributed by atoms with E-state index in [9.17, 15) is 8.78 Å². The van der Waals surface area contributed by atoms with Gasteiger partial charge in [0.1, 0.15) is 0 Å². The number of nitrogens with zero attached hydrogens (tertiary/aromatic N) is 2. The average molecular weight is 421 g/mol. The SMILES string of the molecule is CCCC(C)C1(c2ccc(-c3cnc(-c4ccc(F)c(F)c4)nc3)cc2)CCCCC1. The molecule has 3 aromatic rings. The molecule has 1 aromatic heterocycles. The van der Waals surface area contributed by atoms with E-state index in [2.05, 4.69) is 48.1 Å². The van der Waals surface area contributed by atoms with Crippen LogP contribution in [0.4, 0.5) is 8.78 Å². The molecule has 4 heteroatoms. The van der Waals surface area contributed by atoms with E-state index in [1.54, 1.807) is 12.4 Å².